The second kappa shape index (κ2) is 5.44. The molecule has 0 aromatic rings. The van der Waals surface area contributed by atoms with E-state index in [4.69, 9.17) is 0 Å². The number of aliphatic hydroxyl groups is 1. The van der Waals surface area contributed by atoms with Gasteiger partial charge < -0.3 is 5.11 Å². The van der Waals surface area contributed by atoms with E-state index < -0.39 is 30.5 Å². The quantitative estimate of drug-likeness (QED) is 0.735. The molecule has 1 aliphatic rings. The molecule has 0 spiro atoms. The van der Waals surface area contributed by atoms with Crippen LogP contribution in [0.5, 0.6) is 0 Å². The molecule has 2 N–H and O–H groups in total. The molecular weight excluding hydrogens is 278 g/mol. The fourth-order valence-corrected chi connectivity index (χ4v) is 5.44. The van der Waals surface area contributed by atoms with Crippen molar-refractivity contribution in [1.82, 2.24) is 4.72 Å². The molecule has 0 bridgehead atoms. The first-order valence-electron chi connectivity index (χ1n) is 5.89. The summed E-state index contributed by atoms with van der Waals surface area (Å²) < 4.78 is 47.1. The van der Waals surface area contributed by atoms with Crippen molar-refractivity contribution in [2.75, 3.05) is 17.9 Å². The Morgan fingerprint density at radius 3 is 2.44 bits per heavy atom. The van der Waals surface area contributed by atoms with Crippen LogP contribution < -0.4 is 4.72 Å². The van der Waals surface area contributed by atoms with Gasteiger partial charge in [0.2, 0.25) is 10.0 Å². The molecule has 1 fully saturated rings. The van der Waals surface area contributed by atoms with Gasteiger partial charge in [0.25, 0.3) is 0 Å². The Hall–Kier alpha value is -0.180. The topological polar surface area (TPSA) is 101 Å². The van der Waals surface area contributed by atoms with Gasteiger partial charge in [-0.15, -0.1) is 0 Å². The lowest BCUT2D eigenvalue weighted by molar-refractivity contribution is -0.00749. The van der Waals surface area contributed by atoms with E-state index in [2.05, 4.69) is 4.72 Å². The van der Waals surface area contributed by atoms with Gasteiger partial charge in [-0.25, -0.2) is 21.6 Å². The molecule has 0 heterocycles. The van der Waals surface area contributed by atoms with Crippen molar-refractivity contribution in [3.05, 3.63) is 0 Å². The summed E-state index contributed by atoms with van der Waals surface area (Å²) in [5, 5.41) is 9.29. The van der Waals surface area contributed by atoms with Crippen molar-refractivity contribution < 1.29 is 21.9 Å². The maximum Gasteiger partial charge on any atom is 0.226 e. The van der Waals surface area contributed by atoms with Crippen molar-refractivity contribution in [3.8, 4) is 0 Å². The predicted octanol–water partition coefficient (Wildman–Crippen LogP) is -0.151. The zero-order valence-corrected chi connectivity index (χ0v) is 12.3. The minimum atomic E-state index is -3.89. The summed E-state index contributed by atoms with van der Waals surface area (Å²) in [5.41, 5.74) is -1.05. The second-order valence-corrected chi connectivity index (χ2v) is 9.72. The lowest BCUT2D eigenvalue weighted by Gasteiger charge is -2.35. The van der Waals surface area contributed by atoms with Crippen LogP contribution in [0.4, 0.5) is 0 Å². The number of rotatable bonds is 5. The van der Waals surface area contributed by atoms with E-state index in [-0.39, 0.29) is 6.54 Å². The summed E-state index contributed by atoms with van der Waals surface area (Å²) in [6.07, 6.45) is 3.82. The average Bonchev–Trinajstić information content (AvgIpc) is 2.11. The van der Waals surface area contributed by atoms with Gasteiger partial charge in [0, 0.05) is 12.8 Å². The fourth-order valence-electron chi connectivity index (χ4n) is 2.36. The maximum atomic E-state index is 11.5. The predicted molar refractivity (Wildman–Crippen MR) is 69.2 cm³/mol. The summed E-state index contributed by atoms with van der Waals surface area (Å²) in [4.78, 5) is 0. The standard InChI is InChI=1S/C10H21NO5S2/c1-9-4-3-5-10(12,6-9)7-11-18(15,16)8-17(2,13)14/h9,11-12H,3-8H2,1-2H3. The summed E-state index contributed by atoms with van der Waals surface area (Å²) in [5.74, 6) is 0.350. The Labute approximate surface area is 109 Å². The average molecular weight is 299 g/mol. The molecule has 2 unspecified atom stereocenters. The monoisotopic (exact) mass is 299 g/mol. The van der Waals surface area contributed by atoms with E-state index in [9.17, 15) is 21.9 Å². The van der Waals surface area contributed by atoms with Crippen LogP contribution in [0.15, 0.2) is 0 Å². The Morgan fingerprint density at radius 2 is 1.94 bits per heavy atom. The molecule has 0 radical (unpaired) electrons. The molecule has 1 rings (SSSR count). The van der Waals surface area contributed by atoms with Crippen LogP contribution in [-0.4, -0.2) is 45.4 Å². The zero-order chi connectivity index (χ0) is 14.0. The third kappa shape index (κ3) is 5.64. The molecule has 18 heavy (non-hydrogen) atoms. The Balaban J connectivity index is 2.59. The molecule has 1 aliphatic carbocycles. The van der Waals surface area contributed by atoms with E-state index in [1.165, 1.54) is 0 Å². The Bertz CT molecular complexity index is 484. The van der Waals surface area contributed by atoms with E-state index >= 15 is 0 Å². The number of hydrogen-bond acceptors (Lipinski definition) is 5. The van der Waals surface area contributed by atoms with Crippen molar-refractivity contribution in [3.63, 3.8) is 0 Å². The molecule has 108 valence electrons. The second-order valence-electron chi connectivity index (χ2n) is 5.41. The largest absolute Gasteiger partial charge is 0.389 e. The highest BCUT2D eigenvalue weighted by molar-refractivity contribution is 8.06. The first-order chi connectivity index (χ1) is 8.02. The highest BCUT2D eigenvalue weighted by atomic mass is 32.3. The van der Waals surface area contributed by atoms with E-state index in [1.807, 2.05) is 6.92 Å². The molecule has 0 saturated heterocycles. The van der Waals surface area contributed by atoms with E-state index in [1.54, 1.807) is 0 Å². The molecule has 8 heteroatoms. The summed E-state index contributed by atoms with van der Waals surface area (Å²) in [7, 11) is -7.49. The lowest BCUT2D eigenvalue weighted by atomic mass is 9.79. The van der Waals surface area contributed by atoms with Crippen LogP contribution in [0.3, 0.4) is 0 Å². The number of sulfonamides is 1. The molecular formula is C10H21NO5S2. The van der Waals surface area contributed by atoms with Gasteiger partial charge >= 0.3 is 0 Å². The van der Waals surface area contributed by atoms with Crippen LogP contribution in [0.2, 0.25) is 0 Å². The first-order valence-corrected chi connectivity index (χ1v) is 9.60. The minimum Gasteiger partial charge on any atom is -0.389 e. The molecule has 0 aliphatic heterocycles. The van der Waals surface area contributed by atoms with Crippen LogP contribution in [-0.2, 0) is 19.9 Å². The Morgan fingerprint density at radius 1 is 1.33 bits per heavy atom. The highest BCUT2D eigenvalue weighted by Gasteiger charge is 2.34. The number of sulfone groups is 1. The van der Waals surface area contributed by atoms with Crippen LogP contribution >= 0.6 is 0 Å². The molecule has 6 nitrogen and oxygen atoms in total. The molecule has 0 aromatic heterocycles. The summed E-state index contributed by atoms with van der Waals surface area (Å²) in [6, 6.07) is 0. The fraction of sp³-hybridized carbons (Fsp3) is 1.00. The van der Waals surface area contributed by atoms with Gasteiger partial charge in [0.05, 0.1) is 5.60 Å². The van der Waals surface area contributed by atoms with Gasteiger partial charge in [0.1, 0.15) is 0 Å². The van der Waals surface area contributed by atoms with Crippen LogP contribution in [0.1, 0.15) is 32.6 Å². The van der Waals surface area contributed by atoms with Gasteiger partial charge in [-0.1, -0.05) is 19.8 Å². The smallest absolute Gasteiger partial charge is 0.226 e. The summed E-state index contributed by atoms with van der Waals surface area (Å²) in [6.45, 7) is 1.89. The number of hydrogen-bond donors (Lipinski definition) is 2. The van der Waals surface area contributed by atoms with Gasteiger partial charge in [0.15, 0.2) is 14.9 Å². The molecule has 0 aromatic carbocycles. The molecule has 0 amide bonds. The van der Waals surface area contributed by atoms with Crippen molar-refractivity contribution in [2.24, 2.45) is 5.92 Å². The van der Waals surface area contributed by atoms with Gasteiger partial charge in [-0.05, 0) is 18.8 Å². The molecule has 1 saturated carbocycles. The molecule has 2 atom stereocenters. The summed E-state index contributed by atoms with van der Waals surface area (Å²) >= 11 is 0. The third-order valence-corrected chi connectivity index (χ3v) is 6.60. The maximum absolute atomic E-state index is 11.5. The first kappa shape index (κ1) is 15.9. The van der Waals surface area contributed by atoms with Crippen LogP contribution in [0, 0.1) is 5.92 Å². The van der Waals surface area contributed by atoms with Gasteiger partial charge in [-0.2, -0.15) is 0 Å². The zero-order valence-electron chi connectivity index (χ0n) is 10.7. The lowest BCUT2D eigenvalue weighted by Crippen LogP contribution is -2.46. The Kier molecular flexibility index (Phi) is 4.80. The SMILES string of the molecule is CC1CCCC(O)(CNS(=O)(=O)CS(C)(=O)=O)C1. The highest BCUT2D eigenvalue weighted by Crippen LogP contribution is 2.31. The minimum absolute atomic E-state index is 0.116. The van der Waals surface area contributed by atoms with Crippen molar-refractivity contribution >= 4 is 19.9 Å². The third-order valence-electron chi connectivity index (χ3n) is 3.06. The normalized spacial score (nSPS) is 30.3. The van der Waals surface area contributed by atoms with Crippen molar-refractivity contribution in [2.45, 2.75) is 38.2 Å². The van der Waals surface area contributed by atoms with Gasteiger partial charge in [-0.3, -0.25) is 0 Å². The van der Waals surface area contributed by atoms with E-state index in [0.29, 0.717) is 18.8 Å². The van der Waals surface area contributed by atoms with Crippen molar-refractivity contribution in [1.29, 1.82) is 0 Å². The van der Waals surface area contributed by atoms with Crippen LogP contribution in [0.25, 0.3) is 0 Å². The number of nitrogens with one attached hydrogen (secondary N) is 1. The van der Waals surface area contributed by atoms with E-state index in [0.717, 1.165) is 19.1 Å².